The van der Waals surface area contributed by atoms with Gasteiger partial charge < -0.3 is 26.4 Å². The maximum Gasteiger partial charge on any atom is 0.226 e. The van der Waals surface area contributed by atoms with Crippen LogP contribution in [0.3, 0.4) is 0 Å². The molecule has 3 rings (SSSR count). The van der Waals surface area contributed by atoms with Crippen molar-refractivity contribution in [1.29, 1.82) is 0 Å². The average Bonchev–Trinajstić information content (AvgIpc) is 3.46. The molecule has 3 aromatic rings. The first-order valence-corrected chi connectivity index (χ1v) is 15.6. The number of aliphatic hydroxyl groups is 1. The first-order valence-electron chi connectivity index (χ1n) is 14.7. The number of hydrogen-bond acceptors (Lipinski definition) is 6. The fraction of sp³-hybridized carbons (Fsp3) is 0.424. The van der Waals surface area contributed by atoms with E-state index >= 15 is 0 Å². The molecule has 2 atom stereocenters. The van der Waals surface area contributed by atoms with Gasteiger partial charge in [0.2, 0.25) is 17.7 Å². The van der Waals surface area contributed by atoms with Crippen LogP contribution in [0.5, 0.6) is 0 Å². The van der Waals surface area contributed by atoms with Crippen LogP contribution in [-0.4, -0.2) is 59.5 Å². The van der Waals surface area contributed by atoms with Crippen molar-refractivity contribution in [2.24, 2.45) is 5.73 Å². The predicted octanol–water partition coefficient (Wildman–Crippen LogP) is 3.39. The lowest BCUT2D eigenvalue weighted by Gasteiger charge is -2.25. The number of rotatable bonds is 18. The Balaban J connectivity index is 1.71. The van der Waals surface area contributed by atoms with Crippen molar-refractivity contribution in [3.8, 4) is 0 Å². The highest BCUT2D eigenvalue weighted by molar-refractivity contribution is 7.07. The Morgan fingerprint density at radius 1 is 0.881 bits per heavy atom. The molecule has 42 heavy (non-hydrogen) atoms. The molecule has 0 spiro atoms. The summed E-state index contributed by atoms with van der Waals surface area (Å²) in [5.74, 6) is -0.703. The van der Waals surface area contributed by atoms with E-state index in [9.17, 15) is 19.5 Å². The number of carbonyl (C=O) groups excluding carboxylic acids is 3. The molecule has 5 N–H and O–H groups in total. The fourth-order valence-corrected chi connectivity index (χ4v) is 5.71. The largest absolute Gasteiger partial charge is 0.390 e. The maximum absolute atomic E-state index is 13.3. The van der Waals surface area contributed by atoms with Gasteiger partial charge in [-0.1, -0.05) is 62.4 Å². The standard InChI is InChI=1S/C33H44N4O4S/c1-3-11-37(12-4-2)33(41)20-28-15-26(18-31(34)39)14-27(16-28)19-32(40)36-29(17-25-10-13-42-23-25)30(38)22-35-21-24-8-6-5-7-9-24/h5-10,13-16,23,29-30,35,38H,3-4,11-12,17-22H2,1-2H3,(H2,34,39)(H,36,40)/t29-,30+/m0/s1. The zero-order chi connectivity index (χ0) is 30.3. The molecule has 0 fully saturated rings. The molecule has 0 unspecified atom stereocenters. The van der Waals surface area contributed by atoms with Crippen LogP contribution in [0.1, 0.15) is 54.5 Å². The number of thiophene rings is 1. The number of nitrogens with two attached hydrogens (primary N) is 1. The molecule has 0 aliphatic rings. The first kappa shape index (κ1) is 33.0. The van der Waals surface area contributed by atoms with Crippen molar-refractivity contribution in [3.63, 3.8) is 0 Å². The molecule has 8 nitrogen and oxygen atoms in total. The third-order valence-corrected chi connectivity index (χ3v) is 7.65. The summed E-state index contributed by atoms with van der Waals surface area (Å²) in [5, 5.41) is 21.4. The number of aliphatic hydroxyl groups excluding tert-OH is 1. The van der Waals surface area contributed by atoms with Crippen molar-refractivity contribution in [2.75, 3.05) is 19.6 Å². The molecule has 226 valence electrons. The zero-order valence-electron chi connectivity index (χ0n) is 24.7. The lowest BCUT2D eigenvalue weighted by Crippen LogP contribution is -2.49. The summed E-state index contributed by atoms with van der Waals surface area (Å²) < 4.78 is 0. The van der Waals surface area contributed by atoms with Crippen LogP contribution in [0.15, 0.2) is 65.4 Å². The molecule has 0 saturated carbocycles. The minimum Gasteiger partial charge on any atom is -0.390 e. The normalized spacial score (nSPS) is 12.5. The van der Waals surface area contributed by atoms with E-state index in [1.165, 1.54) is 0 Å². The molecule has 0 bridgehead atoms. The van der Waals surface area contributed by atoms with E-state index in [1.54, 1.807) is 17.4 Å². The molecule has 0 aliphatic heterocycles. The van der Waals surface area contributed by atoms with E-state index in [-0.39, 0.29) is 31.1 Å². The lowest BCUT2D eigenvalue weighted by molar-refractivity contribution is -0.130. The summed E-state index contributed by atoms with van der Waals surface area (Å²) in [6, 6.07) is 16.9. The Morgan fingerprint density at radius 3 is 2.12 bits per heavy atom. The molecule has 9 heteroatoms. The van der Waals surface area contributed by atoms with Gasteiger partial charge in [-0.25, -0.2) is 0 Å². The smallest absolute Gasteiger partial charge is 0.226 e. The summed E-state index contributed by atoms with van der Waals surface area (Å²) >= 11 is 1.57. The molecule has 1 heterocycles. The SMILES string of the molecule is CCCN(CCC)C(=O)Cc1cc(CC(N)=O)cc(CC(=O)N[C@@H](Cc2ccsc2)[C@H](O)CNCc2ccccc2)c1. The van der Waals surface area contributed by atoms with E-state index in [0.29, 0.717) is 43.7 Å². The van der Waals surface area contributed by atoms with Crippen LogP contribution < -0.4 is 16.4 Å². The summed E-state index contributed by atoms with van der Waals surface area (Å²) in [6.07, 6.45) is 1.69. The number of nitrogens with one attached hydrogen (secondary N) is 2. The van der Waals surface area contributed by atoms with Gasteiger partial charge in [0.1, 0.15) is 0 Å². The molecular weight excluding hydrogens is 548 g/mol. The molecule has 2 aromatic carbocycles. The second kappa shape index (κ2) is 17.4. The van der Waals surface area contributed by atoms with Crippen LogP contribution in [0.4, 0.5) is 0 Å². The molecule has 0 radical (unpaired) electrons. The fourth-order valence-electron chi connectivity index (χ4n) is 5.03. The summed E-state index contributed by atoms with van der Waals surface area (Å²) in [5.41, 5.74) is 9.74. The minimum atomic E-state index is -0.810. The van der Waals surface area contributed by atoms with Gasteiger partial charge in [-0.15, -0.1) is 0 Å². The van der Waals surface area contributed by atoms with Crippen LogP contribution in [-0.2, 0) is 46.6 Å². The number of primary amides is 1. The summed E-state index contributed by atoms with van der Waals surface area (Å²) in [6.45, 7) is 6.40. The topological polar surface area (TPSA) is 125 Å². The van der Waals surface area contributed by atoms with Crippen LogP contribution in [0, 0.1) is 0 Å². The van der Waals surface area contributed by atoms with Crippen molar-refractivity contribution in [2.45, 2.75) is 71.1 Å². The third-order valence-electron chi connectivity index (χ3n) is 6.92. The number of nitrogens with zero attached hydrogens (tertiary/aromatic N) is 1. The molecular formula is C33H44N4O4S. The summed E-state index contributed by atoms with van der Waals surface area (Å²) in [7, 11) is 0. The summed E-state index contributed by atoms with van der Waals surface area (Å²) in [4.78, 5) is 39.9. The second-order valence-corrected chi connectivity index (χ2v) is 11.5. The van der Waals surface area contributed by atoms with Gasteiger partial charge in [-0.05, 0) is 63.9 Å². The van der Waals surface area contributed by atoms with E-state index in [2.05, 4.69) is 10.6 Å². The zero-order valence-corrected chi connectivity index (χ0v) is 25.5. The molecule has 0 saturated heterocycles. The molecule has 0 aliphatic carbocycles. The Bertz CT molecular complexity index is 1260. The lowest BCUT2D eigenvalue weighted by atomic mass is 9.98. The first-order chi connectivity index (χ1) is 20.3. The van der Waals surface area contributed by atoms with Crippen LogP contribution in [0.25, 0.3) is 0 Å². The highest BCUT2D eigenvalue weighted by Gasteiger charge is 2.23. The van der Waals surface area contributed by atoms with E-state index in [0.717, 1.165) is 29.5 Å². The highest BCUT2D eigenvalue weighted by Crippen LogP contribution is 2.16. The van der Waals surface area contributed by atoms with E-state index in [1.807, 2.05) is 78.0 Å². The monoisotopic (exact) mass is 592 g/mol. The third kappa shape index (κ3) is 11.4. The van der Waals surface area contributed by atoms with Crippen LogP contribution >= 0.6 is 11.3 Å². The van der Waals surface area contributed by atoms with E-state index in [4.69, 9.17) is 5.73 Å². The van der Waals surface area contributed by atoms with Gasteiger partial charge >= 0.3 is 0 Å². The quantitative estimate of drug-likeness (QED) is 0.180. The second-order valence-electron chi connectivity index (χ2n) is 10.7. The van der Waals surface area contributed by atoms with E-state index < -0.39 is 18.1 Å². The number of carbonyl (C=O) groups is 3. The molecule has 1 aromatic heterocycles. The van der Waals surface area contributed by atoms with Gasteiger partial charge in [-0.2, -0.15) is 11.3 Å². The Kier molecular flexibility index (Phi) is 13.7. The van der Waals surface area contributed by atoms with Crippen molar-refractivity contribution in [1.82, 2.24) is 15.5 Å². The average molecular weight is 593 g/mol. The van der Waals surface area contributed by atoms with Crippen molar-refractivity contribution in [3.05, 3.63) is 93.2 Å². The number of hydrogen-bond donors (Lipinski definition) is 4. The van der Waals surface area contributed by atoms with Gasteiger partial charge in [0.05, 0.1) is 31.4 Å². The number of amides is 3. The maximum atomic E-state index is 13.3. The number of benzene rings is 2. The van der Waals surface area contributed by atoms with Gasteiger partial charge in [-0.3, -0.25) is 14.4 Å². The van der Waals surface area contributed by atoms with Crippen LogP contribution in [0.2, 0.25) is 0 Å². The van der Waals surface area contributed by atoms with Gasteiger partial charge in [0.25, 0.3) is 0 Å². The molecule has 3 amide bonds. The predicted molar refractivity (Wildman–Crippen MR) is 168 cm³/mol. The Hall–Kier alpha value is -3.53. The Morgan fingerprint density at radius 2 is 1.52 bits per heavy atom. The van der Waals surface area contributed by atoms with Gasteiger partial charge in [0, 0.05) is 26.2 Å². The van der Waals surface area contributed by atoms with Crippen molar-refractivity contribution < 1.29 is 19.5 Å². The highest BCUT2D eigenvalue weighted by atomic mass is 32.1. The Labute approximate surface area is 253 Å². The van der Waals surface area contributed by atoms with Gasteiger partial charge in [0.15, 0.2) is 0 Å². The minimum absolute atomic E-state index is 0.0206. The van der Waals surface area contributed by atoms with Crippen molar-refractivity contribution >= 4 is 29.1 Å².